The maximum Gasteiger partial charge on any atom is 0.410 e. The van der Waals surface area contributed by atoms with Crippen molar-refractivity contribution < 1.29 is 38.1 Å². The minimum Gasteiger partial charge on any atom is -0.458 e. The largest absolute Gasteiger partial charge is 0.458 e. The normalized spacial score (nSPS) is 23.1. The van der Waals surface area contributed by atoms with Crippen LogP contribution in [0.4, 0.5) is 9.18 Å². The van der Waals surface area contributed by atoms with Crippen molar-refractivity contribution in [1.29, 1.82) is 0 Å². The first-order valence-electron chi connectivity index (χ1n) is 15.9. The van der Waals surface area contributed by atoms with Crippen molar-refractivity contribution in [2.45, 2.75) is 90.4 Å². The van der Waals surface area contributed by atoms with Gasteiger partial charge in [0.15, 0.2) is 11.7 Å². The second-order valence-electron chi connectivity index (χ2n) is 13.7. The fraction of sp³-hybridized carbons (Fsp3) is 0.500. The number of cyclic esters (lactones) is 1. The molecule has 1 saturated heterocycles. The van der Waals surface area contributed by atoms with Gasteiger partial charge in [-0.05, 0) is 69.7 Å². The van der Waals surface area contributed by atoms with Gasteiger partial charge in [-0.2, -0.15) is 0 Å². The van der Waals surface area contributed by atoms with E-state index in [2.05, 4.69) is 5.32 Å². The van der Waals surface area contributed by atoms with Gasteiger partial charge in [-0.1, -0.05) is 6.92 Å². The van der Waals surface area contributed by atoms with Crippen molar-refractivity contribution in [3.8, 4) is 11.4 Å². The van der Waals surface area contributed by atoms with Crippen LogP contribution in [0.1, 0.15) is 80.0 Å². The third-order valence-corrected chi connectivity index (χ3v) is 9.71. The summed E-state index contributed by atoms with van der Waals surface area (Å²) in [5.41, 5.74) is 1.20. The minimum atomic E-state index is -1.99. The van der Waals surface area contributed by atoms with Crippen LogP contribution in [0.3, 0.4) is 0 Å². The summed E-state index contributed by atoms with van der Waals surface area (Å²) in [5, 5.41) is 15.1. The van der Waals surface area contributed by atoms with Crippen molar-refractivity contribution >= 4 is 28.9 Å². The standard InChI is InChI=1S/C34H37FN4O8/c1-6-34(44)20-11-24-28-18(13-39(24)30(41)19(20)15-46-31(34)42)27-22(8-7-17-16(2)21(35)12-23(36-28)26(17)27)37-29(40)25-14-38(9-10-45-25)32(43)47-33(3,4)5/h11-12,22,25,44H,6-10,13-15H2,1-5H3,(H,37,40)/t22-,25+,34-/m1/s1. The average molecular weight is 649 g/mol. The zero-order chi connectivity index (χ0) is 33.6. The second kappa shape index (κ2) is 10.8. The highest BCUT2D eigenvalue weighted by molar-refractivity contribution is 5.94. The Morgan fingerprint density at radius 3 is 2.70 bits per heavy atom. The SMILES string of the molecule is CC[C@]1(O)C(=O)OCc2c1cc1n(c2=O)Cc2c-1nc1cc(F)c(C)c3c1c2[C@H](NC(=O)[C@@H]1CN(C(=O)OC(C)(C)C)CCO1)CC3. The molecule has 0 radical (unpaired) electrons. The maximum absolute atomic E-state index is 15.2. The molecule has 2 amide bonds. The van der Waals surface area contributed by atoms with Gasteiger partial charge in [0.1, 0.15) is 18.0 Å². The first-order valence-corrected chi connectivity index (χ1v) is 15.9. The number of pyridine rings is 2. The molecule has 1 fully saturated rings. The lowest BCUT2D eigenvalue weighted by Crippen LogP contribution is -2.53. The number of carbonyl (C=O) groups excluding carboxylic acids is 3. The average Bonchev–Trinajstić information content (AvgIpc) is 3.40. The molecular weight excluding hydrogens is 611 g/mol. The third-order valence-electron chi connectivity index (χ3n) is 9.71. The fourth-order valence-corrected chi connectivity index (χ4v) is 7.26. The minimum absolute atomic E-state index is 0.00152. The zero-order valence-corrected chi connectivity index (χ0v) is 27.0. The molecule has 1 aliphatic carbocycles. The molecular formula is C34H37FN4O8. The Morgan fingerprint density at radius 1 is 1.21 bits per heavy atom. The number of nitrogens with zero attached hydrogens (tertiary/aromatic N) is 3. The van der Waals surface area contributed by atoms with Crippen LogP contribution in [0, 0.1) is 12.7 Å². The fourth-order valence-electron chi connectivity index (χ4n) is 7.26. The smallest absolute Gasteiger partial charge is 0.410 e. The molecule has 1 aromatic carbocycles. The van der Waals surface area contributed by atoms with E-state index in [0.717, 1.165) is 16.5 Å². The number of hydrogen-bond donors (Lipinski definition) is 2. The molecule has 3 atom stereocenters. The first kappa shape index (κ1) is 31.3. The highest BCUT2D eigenvalue weighted by atomic mass is 19.1. The van der Waals surface area contributed by atoms with Crippen LogP contribution in [0.15, 0.2) is 16.9 Å². The van der Waals surface area contributed by atoms with E-state index in [1.54, 1.807) is 40.7 Å². The third kappa shape index (κ3) is 4.89. The number of carbonyl (C=O) groups is 3. The zero-order valence-electron chi connectivity index (χ0n) is 27.0. The number of aliphatic hydroxyl groups is 1. The molecule has 0 saturated carbocycles. The summed E-state index contributed by atoms with van der Waals surface area (Å²) in [6.45, 7) is 9.02. The molecule has 3 aliphatic heterocycles. The number of nitrogens with one attached hydrogen (secondary N) is 1. The highest BCUT2D eigenvalue weighted by Gasteiger charge is 2.46. The molecule has 0 bridgehead atoms. The van der Waals surface area contributed by atoms with Crippen LogP contribution in [0.2, 0.25) is 0 Å². The maximum atomic E-state index is 15.2. The number of esters is 1. The van der Waals surface area contributed by atoms with E-state index in [0.29, 0.717) is 47.4 Å². The Hall–Kier alpha value is -4.36. The van der Waals surface area contributed by atoms with E-state index in [1.807, 2.05) is 0 Å². The summed E-state index contributed by atoms with van der Waals surface area (Å²) in [5.74, 6) is -1.64. The molecule has 248 valence electrons. The van der Waals surface area contributed by atoms with Gasteiger partial charge < -0.3 is 34.1 Å². The van der Waals surface area contributed by atoms with Gasteiger partial charge in [0.2, 0.25) is 0 Å². The van der Waals surface area contributed by atoms with Crippen molar-refractivity contribution in [3.63, 3.8) is 0 Å². The number of morpholine rings is 1. The second-order valence-corrected chi connectivity index (χ2v) is 13.7. The molecule has 13 heteroatoms. The number of benzene rings is 1. The molecule has 0 spiro atoms. The Morgan fingerprint density at radius 2 is 1.98 bits per heavy atom. The van der Waals surface area contributed by atoms with E-state index in [1.165, 1.54) is 15.5 Å². The number of halogens is 1. The van der Waals surface area contributed by atoms with Crippen molar-refractivity contribution in [1.82, 2.24) is 19.8 Å². The van der Waals surface area contributed by atoms with E-state index in [-0.39, 0.29) is 43.9 Å². The summed E-state index contributed by atoms with van der Waals surface area (Å²) < 4.78 is 33.2. The monoisotopic (exact) mass is 648 g/mol. The predicted molar refractivity (Wildman–Crippen MR) is 166 cm³/mol. The van der Waals surface area contributed by atoms with E-state index >= 15 is 4.39 Å². The molecule has 5 heterocycles. The molecule has 2 N–H and O–H groups in total. The van der Waals surface area contributed by atoms with Gasteiger partial charge in [-0.15, -0.1) is 0 Å². The highest BCUT2D eigenvalue weighted by Crippen LogP contribution is 2.46. The van der Waals surface area contributed by atoms with Crippen molar-refractivity contribution in [2.75, 3.05) is 19.7 Å². The summed E-state index contributed by atoms with van der Waals surface area (Å²) in [7, 11) is 0. The van der Waals surface area contributed by atoms with E-state index < -0.39 is 52.7 Å². The van der Waals surface area contributed by atoms with Crippen LogP contribution in [0.25, 0.3) is 22.3 Å². The van der Waals surface area contributed by atoms with Gasteiger partial charge in [0.25, 0.3) is 11.5 Å². The number of fused-ring (bicyclic) bond motifs is 5. The lowest BCUT2D eigenvalue weighted by atomic mass is 9.81. The quantitative estimate of drug-likeness (QED) is 0.319. The van der Waals surface area contributed by atoms with Crippen LogP contribution in [-0.4, -0.2) is 68.9 Å². The van der Waals surface area contributed by atoms with Crippen molar-refractivity contribution in [2.24, 2.45) is 0 Å². The van der Waals surface area contributed by atoms with Crippen molar-refractivity contribution in [3.05, 3.63) is 61.7 Å². The van der Waals surface area contributed by atoms with Gasteiger partial charge in [0.05, 0.1) is 48.2 Å². The molecule has 47 heavy (non-hydrogen) atoms. The number of rotatable bonds is 3. The van der Waals surface area contributed by atoms with Gasteiger partial charge in [-0.3, -0.25) is 9.59 Å². The van der Waals surface area contributed by atoms with Crippen LogP contribution >= 0.6 is 0 Å². The van der Waals surface area contributed by atoms with Gasteiger partial charge >= 0.3 is 12.1 Å². The number of ether oxygens (including phenoxy) is 3. The Labute approximate surface area is 269 Å². The topological polar surface area (TPSA) is 149 Å². The van der Waals surface area contributed by atoms with Crippen LogP contribution < -0.4 is 10.9 Å². The Kier molecular flexibility index (Phi) is 7.21. The molecule has 2 aromatic heterocycles. The van der Waals surface area contributed by atoms with Crippen LogP contribution in [0.5, 0.6) is 0 Å². The van der Waals surface area contributed by atoms with E-state index in [9.17, 15) is 24.3 Å². The Balaban J connectivity index is 1.30. The van der Waals surface area contributed by atoms with Gasteiger partial charge in [0, 0.05) is 29.1 Å². The lowest BCUT2D eigenvalue weighted by molar-refractivity contribution is -0.172. The number of amides is 2. The molecule has 7 rings (SSSR count). The number of aromatic nitrogens is 2. The Bertz CT molecular complexity index is 1950. The van der Waals surface area contributed by atoms with E-state index in [4.69, 9.17) is 19.2 Å². The number of hydrogen-bond acceptors (Lipinski definition) is 9. The predicted octanol–water partition coefficient (Wildman–Crippen LogP) is 3.27. The molecule has 4 aliphatic rings. The molecule has 3 aromatic rings. The lowest BCUT2D eigenvalue weighted by Gasteiger charge is -2.35. The van der Waals surface area contributed by atoms with Crippen LogP contribution in [-0.2, 0) is 49.0 Å². The summed E-state index contributed by atoms with van der Waals surface area (Å²) in [6, 6.07) is 2.45. The number of aryl methyl sites for hydroxylation is 1. The summed E-state index contributed by atoms with van der Waals surface area (Å²) >= 11 is 0. The van der Waals surface area contributed by atoms with Gasteiger partial charge in [-0.25, -0.2) is 19.0 Å². The molecule has 0 unspecified atom stereocenters. The first-order chi connectivity index (χ1) is 22.2. The summed E-state index contributed by atoms with van der Waals surface area (Å²) in [4.78, 5) is 59.3. The molecule has 12 nitrogen and oxygen atoms in total. The summed E-state index contributed by atoms with van der Waals surface area (Å²) in [6.07, 6.45) is -0.519.